The molecule has 36 heavy (non-hydrogen) atoms. The van der Waals surface area contributed by atoms with Crippen LogP contribution in [0.3, 0.4) is 0 Å². The molecule has 188 valence electrons. The Kier molecular flexibility index (Phi) is 7.55. The van der Waals surface area contributed by atoms with Crippen LogP contribution >= 0.6 is 0 Å². The van der Waals surface area contributed by atoms with Crippen molar-refractivity contribution in [2.45, 2.75) is 44.0 Å². The van der Waals surface area contributed by atoms with Crippen molar-refractivity contribution in [3.8, 4) is 0 Å². The first kappa shape index (κ1) is 25.6. The van der Waals surface area contributed by atoms with Crippen LogP contribution in [-0.4, -0.2) is 38.4 Å². The van der Waals surface area contributed by atoms with Crippen LogP contribution in [0.5, 0.6) is 0 Å². The van der Waals surface area contributed by atoms with Crippen LogP contribution < -0.4 is 15.5 Å². The van der Waals surface area contributed by atoms with Gasteiger partial charge in [0, 0.05) is 23.0 Å². The molecule has 11 heteroatoms. The summed E-state index contributed by atoms with van der Waals surface area (Å²) in [4.78, 5) is 30.3. The summed E-state index contributed by atoms with van der Waals surface area (Å²) in [5.74, 6) is -1.15. The monoisotopic (exact) mass is 509 g/mol. The Morgan fingerprint density at radius 2 is 1.69 bits per heavy atom. The first-order chi connectivity index (χ1) is 17.2. The Hall–Kier alpha value is -3.51. The van der Waals surface area contributed by atoms with Gasteiger partial charge in [0.05, 0.1) is 10.6 Å². The molecule has 0 saturated carbocycles. The second kappa shape index (κ2) is 10.6. The molecule has 4 unspecified atom stereocenters. The molecule has 3 N–H and O–H groups in total. The highest BCUT2D eigenvalue weighted by Gasteiger charge is 2.34. The van der Waals surface area contributed by atoms with E-state index >= 15 is 0 Å². The number of carbonyl (C=O) groups excluding carboxylic acids is 2. The van der Waals surface area contributed by atoms with E-state index in [1.54, 1.807) is 6.07 Å². The van der Waals surface area contributed by atoms with E-state index in [0.29, 0.717) is 11.4 Å². The highest BCUT2D eigenvalue weighted by atomic mass is 32.2. The number of azo groups is 1. The van der Waals surface area contributed by atoms with Crippen LogP contribution in [0.2, 0.25) is 0 Å². The third-order valence-corrected chi connectivity index (χ3v) is 7.47. The number of ketones is 1. The molecule has 10 nitrogen and oxygen atoms in total. The minimum atomic E-state index is -3.83. The predicted octanol–water partition coefficient (Wildman–Crippen LogP) is 3.68. The maximum atomic E-state index is 12.8. The number of amides is 1. The van der Waals surface area contributed by atoms with Crippen molar-refractivity contribution < 1.29 is 22.8 Å². The zero-order valence-electron chi connectivity index (χ0n) is 20.0. The van der Waals surface area contributed by atoms with Gasteiger partial charge in [0.2, 0.25) is 16.1 Å². The number of hydrogen-bond donors (Lipinski definition) is 3. The molecule has 1 aliphatic rings. The molecule has 1 saturated heterocycles. The predicted molar refractivity (Wildman–Crippen MR) is 135 cm³/mol. The minimum absolute atomic E-state index is 0.00696. The summed E-state index contributed by atoms with van der Waals surface area (Å²) < 4.78 is 27.9. The number of carbonyl (C=O) groups is 2. The molecular weight excluding hydrogens is 482 g/mol. The summed E-state index contributed by atoms with van der Waals surface area (Å²) in [6.45, 7) is 5.04. The van der Waals surface area contributed by atoms with E-state index < -0.39 is 34.0 Å². The molecule has 1 aliphatic heterocycles. The molecule has 0 aliphatic carbocycles. The first-order valence-corrected chi connectivity index (χ1v) is 12.9. The molecule has 0 bridgehead atoms. The maximum Gasteiger partial charge on any atom is 0.258 e. The second-order valence-corrected chi connectivity index (χ2v) is 10.4. The van der Waals surface area contributed by atoms with E-state index in [0.717, 1.165) is 10.8 Å². The summed E-state index contributed by atoms with van der Waals surface area (Å²) >= 11 is 0. The summed E-state index contributed by atoms with van der Waals surface area (Å²) in [5, 5.41) is 12.5. The van der Waals surface area contributed by atoms with Gasteiger partial charge < -0.3 is 5.32 Å². The molecule has 1 fully saturated rings. The molecule has 0 radical (unpaired) electrons. The van der Waals surface area contributed by atoms with Gasteiger partial charge in [-0.3, -0.25) is 14.4 Å². The Morgan fingerprint density at radius 3 is 2.36 bits per heavy atom. The van der Waals surface area contributed by atoms with Crippen molar-refractivity contribution in [2.24, 2.45) is 16.1 Å². The Bertz CT molecular complexity index is 1400. The molecule has 0 spiro atoms. The zero-order valence-corrected chi connectivity index (χ0v) is 20.8. The van der Waals surface area contributed by atoms with Gasteiger partial charge >= 0.3 is 0 Å². The number of hydroxylamine groups is 1. The highest BCUT2D eigenvalue weighted by Crippen LogP contribution is 2.24. The summed E-state index contributed by atoms with van der Waals surface area (Å²) in [5.41, 5.74) is 3.61. The van der Waals surface area contributed by atoms with Gasteiger partial charge in [-0.25, -0.2) is 8.42 Å². The lowest BCUT2D eigenvalue weighted by atomic mass is 10.1. The van der Waals surface area contributed by atoms with Crippen molar-refractivity contribution in [1.82, 2.24) is 10.2 Å². The van der Waals surface area contributed by atoms with E-state index in [2.05, 4.69) is 25.7 Å². The standard InChI is InChI=1S/C25H27N5O5S/c1-15-16(2)29-35-25(15)30-36(33,34)20-13-11-19(12-14-20)27-28-23(17(3)31)24(32)26-22-10-6-8-18-7-4-5-9-21(18)22/h4-16,23,25,29-30H,1-3H3,(H,26,32). The SMILES string of the molecule is CC(=O)C(N=Nc1ccc(S(=O)(=O)NC2ONC(C)C2C)cc1)C(=O)Nc1cccc2ccccc12. The van der Waals surface area contributed by atoms with E-state index in [1.165, 1.54) is 31.2 Å². The number of Topliss-reactive ketones (excluding diaryl/α,β-unsaturated/α-hetero) is 1. The fraction of sp³-hybridized carbons (Fsp3) is 0.280. The van der Waals surface area contributed by atoms with Gasteiger partial charge in [0.15, 0.2) is 5.78 Å². The zero-order chi connectivity index (χ0) is 25.9. The molecule has 4 rings (SSSR count). The lowest BCUT2D eigenvalue weighted by Crippen LogP contribution is -2.38. The third-order valence-electron chi connectivity index (χ3n) is 6.04. The van der Waals surface area contributed by atoms with E-state index in [4.69, 9.17) is 4.84 Å². The van der Waals surface area contributed by atoms with Crippen molar-refractivity contribution in [3.63, 3.8) is 0 Å². The van der Waals surface area contributed by atoms with Crippen LogP contribution in [0.15, 0.2) is 81.9 Å². The smallest absolute Gasteiger partial charge is 0.258 e. The number of anilines is 1. The fourth-order valence-electron chi connectivity index (χ4n) is 3.68. The van der Waals surface area contributed by atoms with Crippen LogP contribution in [0.25, 0.3) is 10.8 Å². The molecule has 4 atom stereocenters. The number of rotatable bonds is 8. The van der Waals surface area contributed by atoms with Crippen molar-refractivity contribution in [2.75, 3.05) is 5.32 Å². The highest BCUT2D eigenvalue weighted by molar-refractivity contribution is 7.89. The maximum absolute atomic E-state index is 12.8. The van der Waals surface area contributed by atoms with Crippen LogP contribution in [0.4, 0.5) is 11.4 Å². The summed E-state index contributed by atoms with van der Waals surface area (Å²) in [7, 11) is -3.83. The van der Waals surface area contributed by atoms with Gasteiger partial charge in [0.1, 0.15) is 6.23 Å². The van der Waals surface area contributed by atoms with Gasteiger partial charge in [-0.05, 0) is 49.6 Å². The van der Waals surface area contributed by atoms with Gasteiger partial charge in [0.25, 0.3) is 5.91 Å². The number of hydrogen-bond acceptors (Lipinski definition) is 8. The number of fused-ring (bicyclic) bond motifs is 1. The van der Waals surface area contributed by atoms with Gasteiger partial charge in [-0.15, -0.1) is 0 Å². The molecular formula is C25H27N5O5S. The van der Waals surface area contributed by atoms with Crippen molar-refractivity contribution in [1.29, 1.82) is 0 Å². The molecule has 3 aromatic rings. The number of nitrogens with zero attached hydrogens (tertiary/aromatic N) is 2. The number of nitrogens with one attached hydrogen (secondary N) is 3. The quantitative estimate of drug-likeness (QED) is 0.313. The summed E-state index contributed by atoms with van der Waals surface area (Å²) in [6, 6.07) is 17.3. The molecule has 0 aromatic heterocycles. The Labute approximate surface area is 209 Å². The Morgan fingerprint density at radius 1 is 1.00 bits per heavy atom. The van der Waals surface area contributed by atoms with Crippen molar-refractivity contribution in [3.05, 3.63) is 66.7 Å². The molecule has 3 aromatic carbocycles. The number of benzene rings is 3. The molecule has 1 amide bonds. The topological polar surface area (TPSA) is 138 Å². The normalized spacial score (nSPS) is 21.0. The van der Waals surface area contributed by atoms with Crippen LogP contribution in [0, 0.1) is 5.92 Å². The Balaban J connectivity index is 1.46. The lowest BCUT2D eigenvalue weighted by molar-refractivity contribution is -0.126. The fourth-order valence-corrected chi connectivity index (χ4v) is 4.88. The number of sulfonamides is 1. The lowest BCUT2D eigenvalue weighted by Gasteiger charge is -2.16. The molecule has 1 heterocycles. The van der Waals surface area contributed by atoms with E-state index in [-0.39, 0.29) is 16.9 Å². The van der Waals surface area contributed by atoms with Crippen molar-refractivity contribution >= 4 is 43.9 Å². The average molecular weight is 510 g/mol. The van der Waals surface area contributed by atoms with E-state index in [9.17, 15) is 18.0 Å². The largest absolute Gasteiger partial charge is 0.323 e. The van der Waals surface area contributed by atoms with E-state index in [1.807, 2.05) is 50.2 Å². The third kappa shape index (κ3) is 5.65. The second-order valence-electron chi connectivity index (χ2n) is 8.66. The average Bonchev–Trinajstić information content (AvgIpc) is 3.16. The summed E-state index contributed by atoms with van der Waals surface area (Å²) in [6.07, 6.45) is -0.694. The first-order valence-electron chi connectivity index (χ1n) is 11.4. The van der Waals surface area contributed by atoms with Gasteiger partial charge in [-0.1, -0.05) is 43.3 Å². The van der Waals surface area contributed by atoms with Crippen LogP contribution in [-0.2, 0) is 24.4 Å². The van der Waals surface area contributed by atoms with Crippen LogP contribution in [0.1, 0.15) is 20.8 Å². The van der Waals surface area contributed by atoms with Gasteiger partial charge in [-0.2, -0.15) is 20.4 Å². The minimum Gasteiger partial charge on any atom is -0.323 e.